The summed E-state index contributed by atoms with van der Waals surface area (Å²) in [7, 11) is 1.51. The number of rotatable bonds is 4. The molecular formula is C16H18N6O3. The molecule has 0 spiro atoms. The van der Waals surface area contributed by atoms with Crippen molar-refractivity contribution in [1.82, 2.24) is 20.5 Å². The lowest BCUT2D eigenvalue weighted by atomic mass is 10.1. The Kier molecular flexibility index (Phi) is 4.73. The molecule has 9 heteroatoms. The normalized spacial score (nSPS) is 14.3. The van der Waals surface area contributed by atoms with Crippen LogP contribution in [0.2, 0.25) is 0 Å². The molecule has 0 radical (unpaired) electrons. The van der Waals surface area contributed by atoms with Crippen LogP contribution in [0, 0.1) is 0 Å². The smallest absolute Gasteiger partial charge is 0.324 e. The van der Waals surface area contributed by atoms with Crippen LogP contribution < -0.4 is 20.3 Å². The highest BCUT2D eigenvalue weighted by molar-refractivity contribution is 6.08. The summed E-state index contributed by atoms with van der Waals surface area (Å²) in [5.74, 6) is 0.541. The minimum absolute atomic E-state index is 0.0967. The topological polar surface area (TPSA) is 109 Å². The molecule has 1 aliphatic heterocycles. The van der Waals surface area contributed by atoms with Gasteiger partial charge in [-0.2, -0.15) is 0 Å². The zero-order valence-electron chi connectivity index (χ0n) is 13.9. The van der Waals surface area contributed by atoms with Crippen LogP contribution in [0.3, 0.4) is 0 Å². The SMILES string of the molecule is CCC(NC(=O)N1CC(=O)Nc2cccnc21)c1ccc(OC)nn1. The Labute approximate surface area is 144 Å². The number of hydrogen-bond acceptors (Lipinski definition) is 6. The summed E-state index contributed by atoms with van der Waals surface area (Å²) in [5.41, 5.74) is 1.12. The van der Waals surface area contributed by atoms with E-state index >= 15 is 0 Å². The first-order valence-electron chi connectivity index (χ1n) is 7.83. The average Bonchev–Trinajstić information content (AvgIpc) is 2.65. The molecule has 130 valence electrons. The van der Waals surface area contributed by atoms with E-state index in [9.17, 15) is 9.59 Å². The van der Waals surface area contributed by atoms with E-state index in [1.807, 2.05) is 6.92 Å². The van der Waals surface area contributed by atoms with Gasteiger partial charge in [-0.05, 0) is 24.6 Å². The van der Waals surface area contributed by atoms with E-state index in [0.717, 1.165) is 0 Å². The number of ether oxygens (including phenoxy) is 1. The molecule has 25 heavy (non-hydrogen) atoms. The van der Waals surface area contributed by atoms with Gasteiger partial charge in [-0.3, -0.25) is 9.69 Å². The summed E-state index contributed by atoms with van der Waals surface area (Å²) in [6, 6.07) is 6.06. The van der Waals surface area contributed by atoms with Gasteiger partial charge in [-0.1, -0.05) is 6.92 Å². The predicted octanol–water partition coefficient (Wildman–Crippen LogP) is 1.50. The summed E-state index contributed by atoms with van der Waals surface area (Å²) in [6.45, 7) is 1.83. The van der Waals surface area contributed by atoms with Gasteiger partial charge in [0.2, 0.25) is 11.8 Å². The lowest BCUT2D eigenvalue weighted by molar-refractivity contribution is -0.115. The van der Waals surface area contributed by atoms with Crippen LogP contribution in [0.1, 0.15) is 25.1 Å². The summed E-state index contributed by atoms with van der Waals surface area (Å²) in [5, 5.41) is 13.6. The van der Waals surface area contributed by atoms with Crippen LogP contribution in [0.5, 0.6) is 5.88 Å². The van der Waals surface area contributed by atoms with Gasteiger partial charge in [0.1, 0.15) is 6.54 Å². The highest BCUT2D eigenvalue weighted by Crippen LogP contribution is 2.27. The Morgan fingerprint density at radius 3 is 2.92 bits per heavy atom. The predicted molar refractivity (Wildman–Crippen MR) is 90.4 cm³/mol. The molecule has 9 nitrogen and oxygen atoms in total. The lowest BCUT2D eigenvalue weighted by Crippen LogP contribution is -2.48. The summed E-state index contributed by atoms with van der Waals surface area (Å²) >= 11 is 0. The zero-order chi connectivity index (χ0) is 17.8. The van der Waals surface area contributed by atoms with Crippen molar-refractivity contribution in [3.05, 3.63) is 36.2 Å². The highest BCUT2D eigenvalue weighted by atomic mass is 16.5. The maximum Gasteiger partial charge on any atom is 0.324 e. The number of urea groups is 1. The van der Waals surface area contributed by atoms with Gasteiger partial charge in [-0.15, -0.1) is 10.2 Å². The first kappa shape index (κ1) is 16.6. The number of hydrogen-bond donors (Lipinski definition) is 2. The van der Waals surface area contributed by atoms with E-state index < -0.39 is 6.03 Å². The second-order valence-corrected chi connectivity index (χ2v) is 5.42. The van der Waals surface area contributed by atoms with E-state index in [0.29, 0.717) is 29.5 Å². The number of anilines is 2. The Morgan fingerprint density at radius 1 is 1.40 bits per heavy atom. The number of aromatic nitrogens is 3. The van der Waals surface area contributed by atoms with Crippen molar-refractivity contribution in [3.8, 4) is 5.88 Å². The number of fused-ring (bicyclic) bond motifs is 1. The van der Waals surface area contributed by atoms with Crippen LogP contribution >= 0.6 is 0 Å². The molecule has 3 heterocycles. The van der Waals surface area contributed by atoms with Crippen LogP contribution in [0.15, 0.2) is 30.5 Å². The zero-order valence-corrected chi connectivity index (χ0v) is 13.9. The fourth-order valence-electron chi connectivity index (χ4n) is 2.52. The monoisotopic (exact) mass is 342 g/mol. The van der Waals surface area contributed by atoms with Crippen molar-refractivity contribution >= 4 is 23.4 Å². The van der Waals surface area contributed by atoms with Crippen molar-refractivity contribution in [2.45, 2.75) is 19.4 Å². The fraction of sp³-hybridized carbons (Fsp3) is 0.312. The fourth-order valence-corrected chi connectivity index (χ4v) is 2.52. The van der Waals surface area contributed by atoms with Crippen molar-refractivity contribution in [2.75, 3.05) is 23.9 Å². The molecule has 2 aromatic heterocycles. The molecule has 0 fully saturated rings. The third-order valence-corrected chi connectivity index (χ3v) is 3.80. The first-order valence-corrected chi connectivity index (χ1v) is 7.83. The van der Waals surface area contributed by atoms with Crippen molar-refractivity contribution in [1.29, 1.82) is 0 Å². The van der Waals surface area contributed by atoms with Crippen LogP contribution in [0.4, 0.5) is 16.3 Å². The molecule has 2 aromatic rings. The molecule has 2 N–H and O–H groups in total. The molecular weight excluding hydrogens is 324 g/mol. The molecule has 0 saturated heterocycles. The maximum absolute atomic E-state index is 12.7. The number of pyridine rings is 1. The van der Waals surface area contributed by atoms with Gasteiger partial charge in [-0.25, -0.2) is 9.78 Å². The van der Waals surface area contributed by atoms with Gasteiger partial charge in [0.05, 0.1) is 24.5 Å². The molecule has 0 aromatic carbocycles. The molecule has 0 aliphatic carbocycles. The van der Waals surface area contributed by atoms with Gasteiger partial charge in [0, 0.05) is 12.3 Å². The second-order valence-electron chi connectivity index (χ2n) is 5.42. The first-order chi connectivity index (χ1) is 12.1. The van der Waals surface area contributed by atoms with Crippen LogP contribution in [-0.2, 0) is 4.79 Å². The van der Waals surface area contributed by atoms with Crippen molar-refractivity contribution in [2.24, 2.45) is 0 Å². The van der Waals surface area contributed by atoms with Gasteiger partial charge in [0.25, 0.3) is 0 Å². The molecule has 1 aliphatic rings. The molecule has 3 rings (SSSR count). The minimum Gasteiger partial charge on any atom is -0.480 e. The van der Waals surface area contributed by atoms with Crippen molar-refractivity contribution < 1.29 is 14.3 Å². The summed E-state index contributed by atoms with van der Waals surface area (Å²) in [4.78, 5) is 30.0. The van der Waals surface area contributed by atoms with Crippen LogP contribution in [0.25, 0.3) is 0 Å². The van der Waals surface area contributed by atoms with E-state index in [-0.39, 0.29) is 18.5 Å². The molecule has 1 atom stereocenters. The van der Waals surface area contributed by atoms with E-state index in [4.69, 9.17) is 4.74 Å². The Bertz CT molecular complexity index is 780. The number of carbonyl (C=O) groups is 2. The summed E-state index contributed by atoms with van der Waals surface area (Å²) < 4.78 is 4.99. The Morgan fingerprint density at radius 2 is 2.24 bits per heavy atom. The lowest BCUT2D eigenvalue weighted by Gasteiger charge is -2.29. The molecule has 0 bridgehead atoms. The van der Waals surface area contributed by atoms with E-state index in [2.05, 4.69) is 25.8 Å². The second kappa shape index (κ2) is 7.12. The molecule has 0 saturated carbocycles. The number of amides is 3. The quantitative estimate of drug-likeness (QED) is 0.871. The van der Waals surface area contributed by atoms with Gasteiger partial charge < -0.3 is 15.4 Å². The van der Waals surface area contributed by atoms with E-state index in [1.54, 1.807) is 30.5 Å². The van der Waals surface area contributed by atoms with Gasteiger partial charge in [0.15, 0.2) is 5.82 Å². The van der Waals surface area contributed by atoms with E-state index in [1.165, 1.54) is 12.0 Å². The molecule has 1 unspecified atom stereocenters. The number of carbonyl (C=O) groups excluding carboxylic acids is 2. The highest BCUT2D eigenvalue weighted by Gasteiger charge is 2.29. The van der Waals surface area contributed by atoms with Crippen molar-refractivity contribution in [3.63, 3.8) is 0 Å². The average molecular weight is 342 g/mol. The third-order valence-electron chi connectivity index (χ3n) is 3.80. The number of methoxy groups -OCH3 is 1. The standard InChI is InChI=1S/C16H18N6O3/c1-3-10(11-6-7-14(25-2)21-20-11)19-16(24)22-9-13(23)18-12-5-4-8-17-15(12)22/h4-8,10H,3,9H2,1-2H3,(H,18,23)(H,19,24). The number of nitrogens with one attached hydrogen (secondary N) is 2. The van der Waals surface area contributed by atoms with Crippen LogP contribution in [-0.4, -0.2) is 40.8 Å². The molecule has 3 amide bonds. The maximum atomic E-state index is 12.7. The van der Waals surface area contributed by atoms with Gasteiger partial charge >= 0.3 is 6.03 Å². The Hall–Kier alpha value is -3.23. The number of nitrogens with zero attached hydrogens (tertiary/aromatic N) is 4. The third kappa shape index (κ3) is 3.49. The Balaban J connectivity index is 1.79. The summed E-state index contributed by atoms with van der Waals surface area (Å²) in [6.07, 6.45) is 2.19. The largest absolute Gasteiger partial charge is 0.480 e. The minimum atomic E-state index is -0.417.